The molecule has 1 N–H and O–H groups in total. The maximum Gasteiger partial charge on any atom is 0.418 e. The lowest BCUT2D eigenvalue weighted by Crippen LogP contribution is -2.38. The molecule has 0 unspecified atom stereocenters. The molecule has 1 heterocycles. The van der Waals surface area contributed by atoms with Crippen molar-refractivity contribution in [3.63, 3.8) is 0 Å². The molecule has 0 aliphatic carbocycles. The number of para-hydroxylation sites is 1. The van der Waals surface area contributed by atoms with Gasteiger partial charge >= 0.3 is 6.18 Å². The summed E-state index contributed by atoms with van der Waals surface area (Å²) in [7, 11) is 0. The van der Waals surface area contributed by atoms with Gasteiger partial charge in [0.1, 0.15) is 12.1 Å². The van der Waals surface area contributed by atoms with Gasteiger partial charge in [0, 0.05) is 16.4 Å². The lowest BCUT2D eigenvalue weighted by atomic mass is 10.1. The van der Waals surface area contributed by atoms with E-state index in [9.17, 15) is 22.8 Å². The molecule has 0 saturated carbocycles. The number of amides is 2. The van der Waals surface area contributed by atoms with Gasteiger partial charge in [-0.25, -0.2) is 0 Å². The molecule has 0 atom stereocenters. The minimum absolute atomic E-state index is 0.0449. The number of anilines is 1. The predicted octanol–water partition coefficient (Wildman–Crippen LogP) is 5.31. The third-order valence-corrected chi connectivity index (χ3v) is 4.69. The van der Waals surface area contributed by atoms with Gasteiger partial charge in [-0.2, -0.15) is 13.2 Å². The number of hydrogen-bond donors (Lipinski definition) is 1. The first-order valence-electron chi connectivity index (χ1n) is 8.63. The zero-order chi connectivity index (χ0) is 21.2. The number of hydrogen-bond acceptors (Lipinski definition) is 3. The van der Waals surface area contributed by atoms with E-state index in [4.69, 9.17) is 4.42 Å². The first-order chi connectivity index (χ1) is 13.7. The Balaban J connectivity index is 1.75. The minimum Gasteiger partial charge on any atom is -0.451 e. The molecule has 0 aliphatic rings. The summed E-state index contributed by atoms with van der Waals surface area (Å²) < 4.78 is 45.6. The van der Waals surface area contributed by atoms with Crippen LogP contribution in [0.25, 0.3) is 11.0 Å². The lowest BCUT2D eigenvalue weighted by Gasteiger charge is -2.20. The Morgan fingerprint density at radius 2 is 1.86 bits per heavy atom. The number of fused-ring (bicyclic) bond motifs is 1. The van der Waals surface area contributed by atoms with Crippen LogP contribution < -0.4 is 5.32 Å². The summed E-state index contributed by atoms with van der Waals surface area (Å²) in [6.07, 6.45) is -4.60. The average molecular weight is 469 g/mol. The van der Waals surface area contributed by atoms with Crippen LogP contribution in [0.2, 0.25) is 0 Å². The highest BCUT2D eigenvalue weighted by Gasteiger charge is 2.33. The van der Waals surface area contributed by atoms with Gasteiger partial charge in [0.05, 0.1) is 11.3 Å². The van der Waals surface area contributed by atoms with Gasteiger partial charge in [0.2, 0.25) is 5.91 Å². The number of carbonyl (C=O) groups is 2. The number of likely N-dealkylation sites (N-methyl/N-ethyl adjacent to an activating group) is 1. The van der Waals surface area contributed by atoms with Crippen molar-refractivity contribution in [3.05, 3.63) is 64.3 Å². The first kappa shape index (κ1) is 20.9. The molecule has 3 aromatic rings. The van der Waals surface area contributed by atoms with Gasteiger partial charge < -0.3 is 14.6 Å². The van der Waals surface area contributed by atoms with Gasteiger partial charge in [0.25, 0.3) is 5.91 Å². The van der Waals surface area contributed by atoms with Crippen LogP contribution in [0.4, 0.5) is 18.9 Å². The molecule has 3 rings (SSSR count). The van der Waals surface area contributed by atoms with Gasteiger partial charge in [-0.3, -0.25) is 9.59 Å². The van der Waals surface area contributed by atoms with Crippen molar-refractivity contribution >= 4 is 44.4 Å². The number of alkyl halides is 3. The highest BCUT2D eigenvalue weighted by molar-refractivity contribution is 9.10. The highest BCUT2D eigenvalue weighted by atomic mass is 79.9. The maximum atomic E-state index is 13.1. The van der Waals surface area contributed by atoms with Crippen molar-refractivity contribution < 1.29 is 27.2 Å². The second kappa shape index (κ2) is 8.28. The summed E-state index contributed by atoms with van der Waals surface area (Å²) >= 11 is 3.34. The van der Waals surface area contributed by atoms with E-state index in [-0.39, 0.29) is 18.0 Å². The Hall–Kier alpha value is -2.81. The Kier molecular flexibility index (Phi) is 5.97. The molecule has 0 fully saturated rings. The van der Waals surface area contributed by atoms with Crippen molar-refractivity contribution in [1.29, 1.82) is 0 Å². The number of nitrogens with zero attached hydrogens (tertiary/aromatic N) is 1. The third kappa shape index (κ3) is 4.79. The van der Waals surface area contributed by atoms with E-state index in [1.165, 1.54) is 17.0 Å². The normalized spacial score (nSPS) is 11.5. The Morgan fingerprint density at radius 3 is 2.55 bits per heavy atom. The quantitative estimate of drug-likeness (QED) is 0.551. The van der Waals surface area contributed by atoms with Crippen molar-refractivity contribution in [2.75, 3.05) is 18.4 Å². The van der Waals surface area contributed by atoms with E-state index >= 15 is 0 Å². The Morgan fingerprint density at radius 1 is 1.14 bits per heavy atom. The number of rotatable bonds is 5. The highest BCUT2D eigenvalue weighted by Crippen LogP contribution is 2.34. The van der Waals surface area contributed by atoms with Gasteiger partial charge in [-0.15, -0.1) is 0 Å². The molecule has 0 saturated heterocycles. The number of carbonyl (C=O) groups excluding carboxylic acids is 2. The van der Waals surface area contributed by atoms with Crippen molar-refractivity contribution in [1.82, 2.24) is 4.90 Å². The molecule has 29 heavy (non-hydrogen) atoms. The van der Waals surface area contributed by atoms with Gasteiger partial charge in [-0.1, -0.05) is 28.1 Å². The third-order valence-electron chi connectivity index (χ3n) is 4.20. The van der Waals surface area contributed by atoms with E-state index in [2.05, 4.69) is 21.2 Å². The van der Waals surface area contributed by atoms with Crippen LogP contribution in [-0.2, 0) is 11.0 Å². The largest absolute Gasteiger partial charge is 0.451 e. The first-order valence-corrected chi connectivity index (χ1v) is 9.42. The summed E-state index contributed by atoms with van der Waals surface area (Å²) in [6.45, 7) is 1.42. The van der Waals surface area contributed by atoms with Crippen LogP contribution >= 0.6 is 15.9 Å². The Bertz CT molecular complexity index is 1060. The zero-order valence-corrected chi connectivity index (χ0v) is 16.8. The second-order valence-corrected chi connectivity index (χ2v) is 7.12. The second-order valence-electron chi connectivity index (χ2n) is 6.20. The molecule has 152 valence electrons. The molecule has 5 nitrogen and oxygen atoms in total. The van der Waals surface area contributed by atoms with Crippen molar-refractivity contribution in [2.45, 2.75) is 13.1 Å². The number of furan rings is 1. The summed E-state index contributed by atoms with van der Waals surface area (Å²) in [4.78, 5) is 26.2. The fourth-order valence-corrected chi connectivity index (χ4v) is 3.18. The van der Waals surface area contributed by atoms with E-state index in [0.29, 0.717) is 11.0 Å². The average Bonchev–Trinajstić information content (AvgIpc) is 3.08. The maximum absolute atomic E-state index is 13.1. The summed E-state index contributed by atoms with van der Waals surface area (Å²) in [5.41, 5.74) is -0.802. The van der Waals surface area contributed by atoms with Crippen LogP contribution in [0.15, 0.2) is 57.4 Å². The Labute approximate surface area is 172 Å². The molecule has 1 aromatic heterocycles. The topological polar surface area (TPSA) is 62.6 Å². The van der Waals surface area contributed by atoms with Crippen LogP contribution in [-0.4, -0.2) is 29.8 Å². The lowest BCUT2D eigenvalue weighted by molar-refractivity contribution is -0.137. The zero-order valence-electron chi connectivity index (χ0n) is 15.2. The SMILES string of the molecule is CCN(CC(=O)Nc1ccccc1C(F)(F)F)C(=O)c1cc2cc(Br)ccc2o1. The van der Waals surface area contributed by atoms with Crippen LogP contribution in [0.3, 0.4) is 0 Å². The molecule has 0 bridgehead atoms. The number of nitrogens with one attached hydrogen (secondary N) is 1. The standard InChI is InChI=1S/C20H16BrF3N2O3/c1-2-26(19(28)17-10-12-9-13(21)7-8-16(12)29-17)11-18(27)25-15-6-4-3-5-14(15)20(22,23)24/h3-10H,2,11H2,1H3,(H,25,27). The molecule has 2 amide bonds. The smallest absolute Gasteiger partial charge is 0.418 e. The summed E-state index contributed by atoms with van der Waals surface area (Å²) in [5, 5.41) is 2.94. The van der Waals surface area contributed by atoms with Crippen LogP contribution in [0.1, 0.15) is 23.0 Å². The van der Waals surface area contributed by atoms with Crippen LogP contribution in [0, 0.1) is 0 Å². The summed E-state index contributed by atoms with van der Waals surface area (Å²) in [5.74, 6) is -1.22. The molecule has 0 aliphatic heterocycles. The minimum atomic E-state index is -4.60. The summed E-state index contributed by atoms with van der Waals surface area (Å²) in [6, 6.07) is 11.5. The molecule has 9 heteroatoms. The van der Waals surface area contributed by atoms with Crippen LogP contribution in [0.5, 0.6) is 0 Å². The van der Waals surface area contributed by atoms with Gasteiger partial charge in [-0.05, 0) is 43.3 Å². The molecule has 0 radical (unpaired) electrons. The van der Waals surface area contributed by atoms with Gasteiger partial charge in [0.15, 0.2) is 5.76 Å². The number of benzene rings is 2. The van der Waals surface area contributed by atoms with E-state index in [1.54, 1.807) is 31.2 Å². The fourth-order valence-electron chi connectivity index (χ4n) is 2.81. The molecule has 0 spiro atoms. The predicted molar refractivity (Wildman–Crippen MR) is 106 cm³/mol. The monoisotopic (exact) mass is 468 g/mol. The van der Waals surface area contributed by atoms with E-state index < -0.39 is 30.1 Å². The van der Waals surface area contributed by atoms with Crippen molar-refractivity contribution in [3.8, 4) is 0 Å². The van der Waals surface area contributed by atoms with E-state index in [1.807, 2.05) is 0 Å². The molecule has 2 aromatic carbocycles. The molecular formula is C20H16BrF3N2O3. The van der Waals surface area contributed by atoms with E-state index in [0.717, 1.165) is 16.6 Å². The van der Waals surface area contributed by atoms with Crippen molar-refractivity contribution in [2.24, 2.45) is 0 Å². The molecular weight excluding hydrogens is 453 g/mol. The fraction of sp³-hybridized carbons (Fsp3) is 0.200. The number of halogens is 4.